The van der Waals surface area contributed by atoms with Crippen molar-refractivity contribution in [2.75, 3.05) is 13.1 Å². The molecule has 0 spiro atoms. The minimum absolute atomic E-state index is 0.0239. The molecule has 7 heteroatoms. The molecule has 1 saturated heterocycles. The van der Waals surface area contributed by atoms with Gasteiger partial charge in [-0.15, -0.1) is 11.3 Å². The van der Waals surface area contributed by atoms with Gasteiger partial charge in [0.15, 0.2) is 4.96 Å². The van der Waals surface area contributed by atoms with E-state index in [4.69, 9.17) is 0 Å². The van der Waals surface area contributed by atoms with Crippen LogP contribution in [0, 0.1) is 5.92 Å². The van der Waals surface area contributed by atoms with Crippen molar-refractivity contribution in [3.8, 4) is 0 Å². The van der Waals surface area contributed by atoms with E-state index in [0.29, 0.717) is 18.4 Å². The second-order valence-electron chi connectivity index (χ2n) is 8.15. The van der Waals surface area contributed by atoms with Gasteiger partial charge >= 0.3 is 0 Å². The Morgan fingerprint density at radius 2 is 2.00 bits per heavy atom. The number of nitrogens with one attached hydrogen (secondary N) is 1. The third-order valence-electron chi connectivity index (χ3n) is 5.77. The Hall–Kier alpha value is -2.67. The molecule has 1 aliphatic carbocycles. The average Bonchev–Trinajstić information content (AvgIpc) is 3.07. The quantitative estimate of drug-likeness (QED) is 0.682. The molecule has 1 aliphatic heterocycles. The Bertz CT molecular complexity index is 1010. The van der Waals surface area contributed by atoms with E-state index < -0.39 is 0 Å². The Morgan fingerprint density at radius 3 is 2.76 bits per heavy atom. The molecule has 2 amide bonds. The van der Waals surface area contributed by atoms with Gasteiger partial charge in [0.25, 0.3) is 5.91 Å². The molecule has 1 aromatic carbocycles. The first-order valence-electron chi connectivity index (χ1n) is 10.2. The summed E-state index contributed by atoms with van der Waals surface area (Å²) >= 11 is 1.58. The predicted octanol–water partition coefficient (Wildman–Crippen LogP) is 2.92. The van der Waals surface area contributed by atoms with E-state index in [-0.39, 0.29) is 11.8 Å². The number of carbonyl (C=O) groups excluding carboxylic acids is 2. The number of nitrogens with zero attached hydrogens (tertiary/aromatic N) is 3. The van der Waals surface area contributed by atoms with Crippen LogP contribution in [0.1, 0.15) is 40.9 Å². The van der Waals surface area contributed by atoms with Gasteiger partial charge in [0.1, 0.15) is 0 Å². The summed E-state index contributed by atoms with van der Waals surface area (Å²) in [7, 11) is 0. The van der Waals surface area contributed by atoms with Crippen molar-refractivity contribution in [2.45, 2.75) is 38.1 Å². The molecule has 2 aromatic heterocycles. The summed E-state index contributed by atoms with van der Waals surface area (Å²) in [5, 5.41) is 5.01. The summed E-state index contributed by atoms with van der Waals surface area (Å²) in [6.07, 6.45) is 8.43. The van der Waals surface area contributed by atoms with Gasteiger partial charge in [0.05, 0.1) is 12.1 Å². The second kappa shape index (κ2) is 7.63. The normalized spacial score (nSPS) is 19.0. The number of likely N-dealkylation sites (tertiary alicyclic amines) is 1. The van der Waals surface area contributed by atoms with Gasteiger partial charge in [-0.1, -0.05) is 12.1 Å². The molecule has 0 radical (unpaired) electrons. The van der Waals surface area contributed by atoms with Crippen molar-refractivity contribution in [3.05, 3.63) is 58.9 Å². The van der Waals surface area contributed by atoms with E-state index in [1.165, 1.54) is 5.56 Å². The summed E-state index contributed by atoms with van der Waals surface area (Å²) in [6, 6.07) is 8.29. The standard InChI is InChI=1S/C22H24N4O2S/c27-20(12-19-14-26-9-10-29-22(26)24-19)25-8-7-16(13-25)11-15-1-3-17(4-2-15)21(28)23-18-5-6-18/h1-4,9-10,14,16,18H,5-8,11-13H2,(H,23,28). The lowest BCUT2D eigenvalue weighted by Gasteiger charge is -2.16. The Labute approximate surface area is 173 Å². The molecule has 1 unspecified atom stereocenters. The maximum Gasteiger partial charge on any atom is 0.251 e. The van der Waals surface area contributed by atoms with Crippen molar-refractivity contribution in [3.63, 3.8) is 0 Å². The fraction of sp³-hybridized carbons (Fsp3) is 0.409. The largest absolute Gasteiger partial charge is 0.349 e. The number of aromatic nitrogens is 2. The minimum Gasteiger partial charge on any atom is -0.349 e. The molecule has 2 aliphatic rings. The number of benzene rings is 1. The molecule has 2 fully saturated rings. The van der Waals surface area contributed by atoms with Crippen LogP contribution in [0.2, 0.25) is 0 Å². The smallest absolute Gasteiger partial charge is 0.251 e. The number of thiazole rings is 1. The van der Waals surface area contributed by atoms with Gasteiger partial charge in [-0.25, -0.2) is 4.98 Å². The first-order chi connectivity index (χ1) is 14.1. The SMILES string of the molecule is O=C(NC1CC1)c1ccc(CC2CCN(C(=O)Cc3cn4ccsc4n3)C2)cc1. The second-order valence-corrected chi connectivity index (χ2v) is 9.02. The molecule has 1 atom stereocenters. The van der Waals surface area contributed by atoms with Crippen LogP contribution in [0.4, 0.5) is 0 Å². The number of hydrogen-bond donors (Lipinski definition) is 1. The average molecular weight is 409 g/mol. The molecule has 3 heterocycles. The zero-order valence-corrected chi connectivity index (χ0v) is 17.0. The molecule has 5 rings (SSSR count). The molecule has 3 aromatic rings. The molecular formula is C22H24N4O2S. The van der Waals surface area contributed by atoms with Gasteiger partial charge in [0, 0.05) is 42.5 Å². The predicted molar refractivity (Wildman–Crippen MR) is 112 cm³/mol. The minimum atomic E-state index is 0.0239. The van der Waals surface area contributed by atoms with Crippen molar-refractivity contribution < 1.29 is 9.59 Å². The van der Waals surface area contributed by atoms with E-state index >= 15 is 0 Å². The van der Waals surface area contributed by atoms with E-state index in [2.05, 4.69) is 10.3 Å². The zero-order chi connectivity index (χ0) is 19.8. The number of amides is 2. The van der Waals surface area contributed by atoms with Crippen molar-refractivity contribution >= 4 is 28.1 Å². The molecule has 1 saturated carbocycles. The van der Waals surface area contributed by atoms with E-state index in [9.17, 15) is 9.59 Å². The molecule has 0 bridgehead atoms. The highest BCUT2D eigenvalue weighted by molar-refractivity contribution is 7.15. The molecular weight excluding hydrogens is 384 g/mol. The first kappa shape index (κ1) is 18.4. The number of imidazole rings is 1. The number of rotatable bonds is 6. The Kier molecular flexibility index (Phi) is 4.83. The Balaban J connectivity index is 1.13. The van der Waals surface area contributed by atoms with Crippen LogP contribution in [0.15, 0.2) is 42.0 Å². The van der Waals surface area contributed by atoms with Gasteiger partial charge in [-0.05, 0) is 49.3 Å². The van der Waals surface area contributed by atoms with Crippen molar-refractivity contribution in [1.82, 2.24) is 19.6 Å². The fourth-order valence-corrected chi connectivity index (χ4v) is 4.69. The van der Waals surface area contributed by atoms with Crippen LogP contribution in [-0.4, -0.2) is 45.2 Å². The highest BCUT2D eigenvalue weighted by Gasteiger charge is 2.27. The highest BCUT2D eigenvalue weighted by Crippen LogP contribution is 2.23. The van der Waals surface area contributed by atoms with Crippen molar-refractivity contribution in [1.29, 1.82) is 0 Å². The summed E-state index contributed by atoms with van der Waals surface area (Å²) in [5.74, 6) is 0.650. The van der Waals surface area contributed by atoms with Crippen LogP contribution in [0.25, 0.3) is 4.96 Å². The molecule has 1 N–H and O–H groups in total. The highest BCUT2D eigenvalue weighted by atomic mass is 32.1. The summed E-state index contributed by atoms with van der Waals surface area (Å²) < 4.78 is 1.97. The van der Waals surface area contributed by atoms with E-state index in [1.54, 1.807) is 11.3 Å². The number of carbonyl (C=O) groups is 2. The maximum absolute atomic E-state index is 12.7. The third kappa shape index (κ3) is 4.19. The maximum atomic E-state index is 12.7. The van der Waals surface area contributed by atoms with Crippen LogP contribution in [0.5, 0.6) is 0 Å². The lowest BCUT2D eigenvalue weighted by molar-refractivity contribution is -0.129. The molecule has 6 nitrogen and oxygen atoms in total. The topological polar surface area (TPSA) is 66.7 Å². The summed E-state index contributed by atoms with van der Waals surface area (Å²) in [4.78, 5) is 32.2. The van der Waals surface area contributed by atoms with Gasteiger partial charge < -0.3 is 10.2 Å². The number of hydrogen-bond acceptors (Lipinski definition) is 4. The van der Waals surface area contributed by atoms with Gasteiger partial charge in [-0.2, -0.15) is 0 Å². The Morgan fingerprint density at radius 1 is 1.17 bits per heavy atom. The fourth-order valence-electron chi connectivity index (χ4n) is 3.98. The van der Waals surface area contributed by atoms with Gasteiger partial charge in [0.2, 0.25) is 5.91 Å². The first-order valence-corrected chi connectivity index (χ1v) is 11.1. The number of fused-ring (bicyclic) bond motifs is 1. The van der Waals surface area contributed by atoms with Crippen LogP contribution >= 0.6 is 11.3 Å². The van der Waals surface area contributed by atoms with E-state index in [0.717, 1.165) is 55.0 Å². The van der Waals surface area contributed by atoms with Crippen LogP contribution in [-0.2, 0) is 17.6 Å². The van der Waals surface area contributed by atoms with Gasteiger partial charge in [-0.3, -0.25) is 14.0 Å². The molecule has 150 valence electrons. The van der Waals surface area contributed by atoms with Crippen LogP contribution < -0.4 is 5.32 Å². The summed E-state index contributed by atoms with van der Waals surface area (Å²) in [6.45, 7) is 1.61. The third-order valence-corrected chi connectivity index (χ3v) is 6.54. The zero-order valence-electron chi connectivity index (χ0n) is 16.2. The lowest BCUT2D eigenvalue weighted by Crippen LogP contribution is -2.30. The molecule has 29 heavy (non-hydrogen) atoms. The van der Waals surface area contributed by atoms with Crippen molar-refractivity contribution in [2.24, 2.45) is 5.92 Å². The van der Waals surface area contributed by atoms with E-state index in [1.807, 2.05) is 51.3 Å². The summed E-state index contributed by atoms with van der Waals surface area (Å²) in [5.41, 5.74) is 2.79. The lowest BCUT2D eigenvalue weighted by atomic mass is 9.98. The monoisotopic (exact) mass is 408 g/mol. The van der Waals surface area contributed by atoms with Crippen LogP contribution in [0.3, 0.4) is 0 Å².